The van der Waals surface area contributed by atoms with E-state index in [4.69, 9.17) is 9.47 Å². The molecule has 1 N–H and O–H groups in total. The third kappa shape index (κ3) is 3.85. The number of nitrogens with zero attached hydrogens (tertiary/aromatic N) is 1. The van der Waals surface area contributed by atoms with Crippen LogP contribution in [0.3, 0.4) is 0 Å². The summed E-state index contributed by atoms with van der Waals surface area (Å²) in [5, 5.41) is 9.99. The fourth-order valence-electron chi connectivity index (χ4n) is 2.82. The van der Waals surface area contributed by atoms with Crippen LogP contribution in [0.5, 0.6) is 11.5 Å². The van der Waals surface area contributed by atoms with Crippen molar-refractivity contribution in [2.75, 3.05) is 6.79 Å². The molecule has 136 valence electrons. The lowest BCUT2D eigenvalue weighted by atomic mass is 10.1. The molecule has 1 aromatic heterocycles. The molecule has 2 aromatic carbocycles. The highest BCUT2D eigenvalue weighted by atomic mass is 32.1. The molecular weight excluding hydrogens is 362 g/mol. The molecule has 0 fully saturated rings. The van der Waals surface area contributed by atoms with Gasteiger partial charge in [0.05, 0.1) is 12.1 Å². The third-order valence-electron chi connectivity index (χ3n) is 4.17. The molecule has 0 spiro atoms. The van der Waals surface area contributed by atoms with Crippen molar-refractivity contribution in [3.8, 4) is 22.8 Å². The fraction of sp³-hybridized carbons (Fsp3) is 0.143. The summed E-state index contributed by atoms with van der Waals surface area (Å²) >= 11 is 1.40. The number of thiazole rings is 1. The van der Waals surface area contributed by atoms with Crippen molar-refractivity contribution in [1.82, 2.24) is 4.98 Å². The molecule has 6 heteroatoms. The first-order chi connectivity index (χ1) is 13.1. The number of carbonyl (C=O) groups is 1. The van der Waals surface area contributed by atoms with Gasteiger partial charge in [-0.25, -0.2) is 4.98 Å². The number of aliphatic carboxylic acids is 1. The van der Waals surface area contributed by atoms with Crippen LogP contribution >= 0.6 is 11.3 Å². The Hall–Kier alpha value is -3.12. The van der Waals surface area contributed by atoms with Gasteiger partial charge >= 0.3 is 5.97 Å². The Morgan fingerprint density at radius 3 is 2.70 bits per heavy atom. The summed E-state index contributed by atoms with van der Waals surface area (Å²) in [5.74, 6) is 0.605. The Balaban J connectivity index is 1.64. The predicted octanol–water partition coefficient (Wildman–Crippen LogP) is 4.64. The van der Waals surface area contributed by atoms with E-state index >= 15 is 0 Å². The number of hydrogen-bond acceptors (Lipinski definition) is 5. The maximum atomic E-state index is 11.2. The van der Waals surface area contributed by atoms with Gasteiger partial charge in [0.25, 0.3) is 0 Å². The molecule has 0 atom stereocenters. The smallest absolute Gasteiger partial charge is 0.308 e. The van der Waals surface area contributed by atoms with E-state index in [1.807, 2.05) is 61.5 Å². The average Bonchev–Trinajstić information content (AvgIpc) is 3.26. The first kappa shape index (κ1) is 17.3. The van der Waals surface area contributed by atoms with Crippen molar-refractivity contribution in [1.29, 1.82) is 0 Å². The molecule has 1 aliphatic heterocycles. The van der Waals surface area contributed by atoms with Crippen molar-refractivity contribution in [2.45, 2.75) is 13.3 Å². The van der Waals surface area contributed by atoms with Crippen molar-refractivity contribution in [3.63, 3.8) is 0 Å². The Morgan fingerprint density at radius 2 is 1.93 bits per heavy atom. The minimum absolute atomic E-state index is 0.0429. The number of ether oxygens (including phenoxy) is 2. The summed E-state index contributed by atoms with van der Waals surface area (Å²) in [7, 11) is 0. The summed E-state index contributed by atoms with van der Waals surface area (Å²) in [6.07, 6.45) is 3.79. The Morgan fingerprint density at radius 1 is 1.15 bits per heavy atom. The van der Waals surface area contributed by atoms with E-state index in [-0.39, 0.29) is 13.2 Å². The van der Waals surface area contributed by atoms with Gasteiger partial charge in [-0.05, 0) is 30.7 Å². The standard InChI is InChI=1S/C21H17NO4S/c1-13-2-6-15(7-3-13)21-18(11-20(23)24)27-19(22-21)9-5-14-4-8-16-17(10-14)26-12-25-16/h2-10H,11-12H2,1H3,(H,23,24)/b9-5+. The first-order valence-corrected chi connectivity index (χ1v) is 9.26. The Kier molecular flexibility index (Phi) is 4.64. The molecule has 0 unspecified atom stereocenters. The molecule has 0 radical (unpaired) electrons. The van der Waals surface area contributed by atoms with Crippen LogP contribution in [0.15, 0.2) is 42.5 Å². The van der Waals surface area contributed by atoms with Gasteiger partial charge in [-0.3, -0.25) is 4.79 Å². The quantitative estimate of drug-likeness (QED) is 0.699. The third-order valence-corrected chi connectivity index (χ3v) is 5.19. The largest absolute Gasteiger partial charge is 0.481 e. The summed E-state index contributed by atoms with van der Waals surface area (Å²) in [4.78, 5) is 16.6. The van der Waals surface area contributed by atoms with Gasteiger partial charge in [0.2, 0.25) is 6.79 Å². The van der Waals surface area contributed by atoms with Crippen LogP contribution in [0.2, 0.25) is 0 Å². The van der Waals surface area contributed by atoms with E-state index in [0.717, 1.165) is 43.8 Å². The van der Waals surface area contributed by atoms with Crippen LogP contribution in [-0.2, 0) is 11.2 Å². The zero-order chi connectivity index (χ0) is 18.8. The van der Waals surface area contributed by atoms with Crippen LogP contribution in [0.4, 0.5) is 0 Å². The van der Waals surface area contributed by atoms with Crippen molar-refractivity contribution < 1.29 is 19.4 Å². The highest BCUT2D eigenvalue weighted by molar-refractivity contribution is 7.13. The number of aromatic nitrogens is 1. The second-order valence-corrected chi connectivity index (χ2v) is 7.32. The highest BCUT2D eigenvalue weighted by Gasteiger charge is 2.15. The van der Waals surface area contributed by atoms with E-state index in [2.05, 4.69) is 4.98 Å². The molecule has 0 aliphatic carbocycles. The van der Waals surface area contributed by atoms with Crippen molar-refractivity contribution in [3.05, 3.63) is 63.5 Å². The van der Waals surface area contributed by atoms with Crippen LogP contribution in [0.25, 0.3) is 23.4 Å². The summed E-state index contributed by atoms with van der Waals surface area (Å²) < 4.78 is 10.7. The second-order valence-electron chi connectivity index (χ2n) is 6.21. The number of benzene rings is 2. The summed E-state index contributed by atoms with van der Waals surface area (Å²) in [6.45, 7) is 2.26. The van der Waals surface area contributed by atoms with E-state index in [0.29, 0.717) is 0 Å². The molecule has 0 bridgehead atoms. The molecule has 5 nitrogen and oxygen atoms in total. The molecule has 2 heterocycles. The van der Waals surface area contributed by atoms with Gasteiger partial charge in [-0.1, -0.05) is 42.0 Å². The normalized spacial score (nSPS) is 12.6. The van der Waals surface area contributed by atoms with Gasteiger partial charge in [0, 0.05) is 10.4 Å². The van der Waals surface area contributed by atoms with Crippen LogP contribution < -0.4 is 9.47 Å². The molecule has 3 aromatic rings. The van der Waals surface area contributed by atoms with Crippen LogP contribution in [0.1, 0.15) is 21.0 Å². The first-order valence-electron chi connectivity index (χ1n) is 8.45. The molecule has 0 amide bonds. The lowest BCUT2D eigenvalue weighted by Crippen LogP contribution is -1.99. The maximum Gasteiger partial charge on any atom is 0.308 e. The Labute approximate surface area is 160 Å². The number of carboxylic acids is 1. The van der Waals surface area contributed by atoms with Gasteiger partial charge in [-0.15, -0.1) is 11.3 Å². The number of aryl methyl sites for hydroxylation is 1. The number of hydrogen-bond donors (Lipinski definition) is 1. The van der Waals surface area contributed by atoms with E-state index in [9.17, 15) is 9.90 Å². The Bertz CT molecular complexity index is 1020. The number of rotatable bonds is 5. The van der Waals surface area contributed by atoms with Gasteiger partial charge in [-0.2, -0.15) is 0 Å². The molecule has 27 heavy (non-hydrogen) atoms. The topological polar surface area (TPSA) is 68.7 Å². The lowest BCUT2D eigenvalue weighted by molar-refractivity contribution is -0.136. The van der Waals surface area contributed by atoms with Crippen LogP contribution in [-0.4, -0.2) is 22.9 Å². The molecule has 1 aliphatic rings. The minimum atomic E-state index is -0.863. The van der Waals surface area contributed by atoms with E-state index in [1.54, 1.807) is 0 Å². The SMILES string of the molecule is Cc1ccc(-c2nc(/C=C/c3ccc4c(c3)OCO4)sc2CC(=O)O)cc1. The van der Waals surface area contributed by atoms with Gasteiger partial charge in [0.15, 0.2) is 11.5 Å². The molecule has 0 saturated heterocycles. The van der Waals surface area contributed by atoms with Crippen molar-refractivity contribution in [2.24, 2.45) is 0 Å². The highest BCUT2D eigenvalue weighted by Crippen LogP contribution is 2.34. The molecular formula is C21H17NO4S. The average molecular weight is 379 g/mol. The molecule has 0 saturated carbocycles. The molecule has 4 rings (SSSR count). The number of carboxylic acid groups (broad SMARTS) is 1. The predicted molar refractivity (Wildman–Crippen MR) is 105 cm³/mol. The monoisotopic (exact) mass is 379 g/mol. The van der Waals surface area contributed by atoms with Gasteiger partial charge in [0.1, 0.15) is 5.01 Å². The minimum Gasteiger partial charge on any atom is -0.481 e. The van der Waals surface area contributed by atoms with Crippen LogP contribution in [0, 0.1) is 6.92 Å². The zero-order valence-electron chi connectivity index (χ0n) is 14.6. The fourth-order valence-corrected chi connectivity index (χ4v) is 3.80. The van der Waals surface area contributed by atoms with E-state index < -0.39 is 5.97 Å². The van der Waals surface area contributed by atoms with Gasteiger partial charge < -0.3 is 14.6 Å². The van der Waals surface area contributed by atoms with E-state index in [1.165, 1.54) is 11.3 Å². The lowest BCUT2D eigenvalue weighted by Gasteiger charge is -2.01. The van der Waals surface area contributed by atoms with Crippen molar-refractivity contribution >= 4 is 29.5 Å². The summed E-state index contributed by atoms with van der Waals surface area (Å²) in [5.41, 5.74) is 3.77. The second kappa shape index (κ2) is 7.25. The maximum absolute atomic E-state index is 11.2. The number of fused-ring (bicyclic) bond motifs is 1. The summed E-state index contributed by atoms with van der Waals surface area (Å²) in [6, 6.07) is 13.7. The zero-order valence-corrected chi connectivity index (χ0v) is 15.5.